The van der Waals surface area contributed by atoms with E-state index in [1.807, 2.05) is 27.7 Å². The Balaban J connectivity index is 2.53. The molecule has 1 N–H and O–H groups in total. The molecule has 0 saturated carbocycles. The summed E-state index contributed by atoms with van der Waals surface area (Å²) in [5.41, 5.74) is 0.403. The van der Waals surface area contributed by atoms with Gasteiger partial charge in [-0.25, -0.2) is 4.39 Å². The van der Waals surface area contributed by atoms with Crippen LogP contribution in [0.3, 0.4) is 0 Å². The molecule has 2 amide bonds. The molecule has 0 aliphatic carbocycles. The zero-order valence-corrected chi connectivity index (χ0v) is 14.5. The summed E-state index contributed by atoms with van der Waals surface area (Å²) in [4.78, 5) is 27.7. The van der Waals surface area contributed by atoms with Crippen molar-refractivity contribution in [1.29, 1.82) is 0 Å². The van der Waals surface area contributed by atoms with Crippen LogP contribution in [0.25, 0.3) is 0 Å². The summed E-state index contributed by atoms with van der Waals surface area (Å²) in [7, 11) is 1.71. The van der Waals surface area contributed by atoms with Crippen LogP contribution in [-0.4, -0.2) is 53.8 Å². The second-order valence-electron chi connectivity index (χ2n) is 6.22. The molecule has 1 aromatic rings. The second kappa shape index (κ2) is 8.62. The van der Waals surface area contributed by atoms with Crippen LogP contribution >= 0.6 is 0 Å². The number of rotatable bonds is 7. The highest BCUT2D eigenvalue weighted by molar-refractivity contribution is 5.92. The van der Waals surface area contributed by atoms with Gasteiger partial charge in [-0.05, 0) is 52.9 Å². The van der Waals surface area contributed by atoms with Gasteiger partial charge in [-0.2, -0.15) is 0 Å². The Kier molecular flexibility index (Phi) is 7.16. The molecule has 0 heterocycles. The number of benzene rings is 1. The first kappa shape index (κ1) is 19.1. The third-order valence-corrected chi connectivity index (χ3v) is 3.33. The fraction of sp³-hybridized carbons (Fsp3) is 0.529. The van der Waals surface area contributed by atoms with Crippen LogP contribution in [-0.2, 0) is 9.59 Å². The summed E-state index contributed by atoms with van der Waals surface area (Å²) < 4.78 is 13.1. The molecule has 0 spiro atoms. The van der Waals surface area contributed by atoms with Gasteiger partial charge in [-0.3, -0.25) is 14.5 Å². The Hall–Kier alpha value is -1.95. The zero-order valence-electron chi connectivity index (χ0n) is 14.5. The van der Waals surface area contributed by atoms with Crippen LogP contribution in [0, 0.1) is 5.82 Å². The molecule has 0 aromatic heterocycles. The van der Waals surface area contributed by atoms with E-state index < -0.39 is 5.82 Å². The van der Waals surface area contributed by atoms with Crippen LogP contribution in [0.4, 0.5) is 10.1 Å². The summed E-state index contributed by atoms with van der Waals surface area (Å²) in [6.45, 7) is 8.09. The first-order valence-electron chi connectivity index (χ1n) is 7.75. The van der Waals surface area contributed by atoms with E-state index in [0.29, 0.717) is 5.69 Å². The second-order valence-corrected chi connectivity index (χ2v) is 6.22. The summed E-state index contributed by atoms with van der Waals surface area (Å²) in [6, 6.07) is 5.93. The maximum absolute atomic E-state index is 13.1. The van der Waals surface area contributed by atoms with Crippen molar-refractivity contribution in [2.24, 2.45) is 0 Å². The molecule has 5 nitrogen and oxygen atoms in total. The fourth-order valence-corrected chi connectivity index (χ4v) is 2.55. The predicted octanol–water partition coefficient (Wildman–Crippen LogP) is 2.34. The number of hydrogen-bond acceptors (Lipinski definition) is 3. The molecule has 0 fully saturated rings. The van der Waals surface area contributed by atoms with E-state index in [1.54, 1.807) is 22.9 Å². The van der Waals surface area contributed by atoms with Gasteiger partial charge in [0.05, 0.1) is 13.1 Å². The van der Waals surface area contributed by atoms with Crippen LogP contribution in [0.15, 0.2) is 24.3 Å². The van der Waals surface area contributed by atoms with Gasteiger partial charge in [-0.1, -0.05) is 6.07 Å². The molecule has 128 valence electrons. The Morgan fingerprint density at radius 1 is 1.13 bits per heavy atom. The number of nitrogens with one attached hydrogen (secondary N) is 1. The van der Waals surface area contributed by atoms with Crippen molar-refractivity contribution in [1.82, 2.24) is 9.80 Å². The molecule has 6 heteroatoms. The summed E-state index contributed by atoms with van der Waals surface area (Å²) in [5.74, 6) is -0.710. The number of carbonyl (C=O) groups excluding carboxylic acids is 2. The largest absolute Gasteiger partial charge is 0.337 e. The Morgan fingerprint density at radius 2 is 1.74 bits per heavy atom. The quantitative estimate of drug-likeness (QED) is 0.838. The van der Waals surface area contributed by atoms with Gasteiger partial charge in [0.2, 0.25) is 11.8 Å². The number of amides is 2. The Labute approximate surface area is 137 Å². The minimum Gasteiger partial charge on any atom is -0.337 e. The number of halogens is 1. The highest BCUT2D eigenvalue weighted by Gasteiger charge is 2.21. The first-order valence-corrected chi connectivity index (χ1v) is 7.75. The van der Waals surface area contributed by atoms with Crippen molar-refractivity contribution in [3.8, 4) is 0 Å². The Morgan fingerprint density at radius 3 is 2.26 bits per heavy atom. The van der Waals surface area contributed by atoms with Crippen LogP contribution in [0.1, 0.15) is 27.7 Å². The average molecular weight is 323 g/mol. The van der Waals surface area contributed by atoms with Crippen LogP contribution in [0.5, 0.6) is 0 Å². The summed E-state index contributed by atoms with van der Waals surface area (Å²) >= 11 is 0. The van der Waals surface area contributed by atoms with Crippen molar-refractivity contribution in [3.63, 3.8) is 0 Å². The van der Waals surface area contributed by atoms with Crippen molar-refractivity contribution in [2.75, 3.05) is 25.5 Å². The van der Waals surface area contributed by atoms with E-state index in [-0.39, 0.29) is 37.0 Å². The Bertz CT molecular complexity index is 538. The lowest BCUT2D eigenvalue weighted by Gasteiger charge is -2.32. The summed E-state index contributed by atoms with van der Waals surface area (Å²) in [5, 5.41) is 2.62. The van der Waals surface area contributed by atoms with Crippen LogP contribution in [0.2, 0.25) is 0 Å². The summed E-state index contributed by atoms with van der Waals surface area (Å²) in [6.07, 6.45) is 0. The third-order valence-electron chi connectivity index (χ3n) is 3.33. The van der Waals surface area contributed by atoms with E-state index in [9.17, 15) is 14.0 Å². The molecule has 0 unspecified atom stereocenters. The van der Waals surface area contributed by atoms with E-state index in [2.05, 4.69) is 5.32 Å². The molecular weight excluding hydrogens is 297 g/mol. The smallest absolute Gasteiger partial charge is 0.238 e. The van der Waals surface area contributed by atoms with Gasteiger partial charge < -0.3 is 10.2 Å². The number of nitrogens with zero attached hydrogens (tertiary/aromatic N) is 2. The highest BCUT2D eigenvalue weighted by Crippen LogP contribution is 2.09. The predicted molar refractivity (Wildman–Crippen MR) is 89.6 cm³/mol. The number of carbonyl (C=O) groups is 2. The molecule has 0 aliphatic heterocycles. The number of hydrogen-bond donors (Lipinski definition) is 1. The van der Waals surface area contributed by atoms with E-state index in [0.717, 1.165) is 0 Å². The molecule has 1 aromatic carbocycles. The molecular formula is C17H26FN3O2. The van der Waals surface area contributed by atoms with E-state index >= 15 is 0 Å². The first-order chi connectivity index (χ1) is 10.7. The number of anilines is 1. The van der Waals surface area contributed by atoms with Crippen molar-refractivity contribution in [3.05, 3.63) is 30.1 Å². The third kappa shape index (κ3) is 6.36. The topological polar surface area (TPSA) is 52.7 Å². The lowest BCUT2D eigenvalue weighted by molar-refractivity contribution is -0.135. The fourth-order valence-electron chi connectivity index (χ4n) is 2.55. The molecule has 1 rings (SSSR count). The standard InChI is InChI=1S/C17H26FN3O2/c1-12(2)21(13(3)4)17(23)11-20(5)10-16(22)19-15-8-6-7-14(18)9-15/h6-9,12-13H,10-11H2,1-5H3,(H,19,22). The lowest BCUT2D eigenvalue weighted by atomic mass is 10.2. The molecule has 23 heavy (non-hydrogen) atoms. The SMILES string of the molecule is CC(C)N(C(=O)CN(C)CC(=O)Nc1cccc(F)c1)C(C)C. The molecule has 0 bridgehead atoms. The van der Waals surface area contributed by atoms with Crippen molar-refractivity contribution in [2.45, 2.75) is 39.8 Å². The average Bonchev–Trinajstić information content (AvgIpc) is 2.36. The van der Waals surface area contributed by atoms with Crippen molar-refractivity contribution >= 4 is 17.5 Å². The van der Waals surface area contributed by atoms with Crippen molar-refractivity contribution < 1.29 is 14.0 Å². The zero-order chi connectivity index (χ0) is 17.6. The lowest BCUT2D eigenvalue weighted by Crippen LogP contribution is -2.47. The van der Waals surface area contributed by atoms with Gasteiger partial charge in [0.15, 0.2) is 0 Å². The number of likely N-dealkylation sites (N-methyl/N-ethyl adjacent to an activating group) is 1. The molecule has 0 aliphatic rings. The van der Waals surface area contributed by atoms with Crippen LogP contribution < -0.4 is 5.32 Å². The normalized spacial score (nSPS) is 11.2. The monoisotopic (exact) mass is 323 g/mol. The van der Waals surface area contributed by atoms with Gasteiger partial charge >= 0.3 is 0 Å². The van der Waals surface area contributed by atoms with E-state index in [4.69, 9.17) is 0 Å². The highest BCUT2D eigenvalue weighted by atomic mass is 19.1. The minimum atomic E-state index is -0.407. The molecule has 0 atom stereocenters. The van der Waals surface area contributed by atoms with Gasteiger partial charge in [0.25, 0.3) is 0 Å². The minimum absolute atomic E-state index is 0.0175. The molecule has 0 radical (unpaired) electrons. The molecule has 0 saturated heterocycles. The maximum atomic E-state index is 13.1. The van der Waals surface area contributed by atoms with Gasteiger partial charge in [0.1, 0.15) is 5.82 Å². The van der Waals surface area contributed by atoms with Gasteiger partial charge in [0, 0.05) is 17.8 Å². The van der Waals surface area contributed by atoms with Gasteiger partial charge in [-0.15, -0.1) is 0 Å². The van der Waals surface area contributed by atoms with E-state index in [1.165, 1.54) is 18.2 Å². The maximum Gasteiger partial charge on any atom is 0.238 e.